The molecule has 0 saturated carbocycles. The largest absolute Gasteiger partial charge is 0.493 e. The van der Waals surface area contributed by atoms with E-state index in [4.69, 9.17) is 10.4 Å². The lowest BCUT2D eigenvalue weighted by Crippen LogP contribution is -2.68. The molecule has 0 amide bonds. The van der Waals surface area contributed by atoms with Crippen molar-refractivity contribution in [3.05, 3.63) is 77.0 Å². The van der Waals surface area contributed by atoms with Crippen LogP contribution < -0.4 is 10.2 Å². The zero-order valence-electron chi connectivity index (χ0n) is 21.8. The number of pyridine rings is 2. The maximum absolute atomic E-state index is 14.5. The van der Waals surface area contributed by atoms with Crippen LogP contribution in [-0.4, -0.2) is 75.0 Å². The molecule has 200 valence electrons. The number of hydrogen-bond donors (Lipinski definition) is 3. The SMILES string of the molecule is CC1(F)CCN(C2=CN/C(=C(/C#N)C=N)C(c3ccc(N4CC5CC(C4)N5Cc4ccc(O)nc4)nc3)=C2)C1. The summed E-state index contributed by atoms with van der Waals surface area (Å²) in [6.45, 7) is 5.16. The summed E-state index contributed by atoms with van der Waals surface area (Å²) >= 11 is 0. The van der Waals surface area contributed by atoms with Gasteiger partial charge in [0.15, 0.2) is 0 Å². The molecule has 5 aliphatic rings. The summed E-state index contributed by atoms with van der Waals surface area (Å²) in [5.74, 6) is 0.948. The van der Waals surface area contributed by atoms with E-state index in [-0.39, 0.29) is 11.5 Å². The maximum Gasteiger partial charge on any atom is 0.210 e. The minimum absolute atomic E-state index is 0.0401. The molecule has 5 aliphatic heterocycles. The Balaban J connectivity index is 1.19. The number of anilines is 1. The molecule has 2 aromatic rings. The summed E-state index contributed by atoms with van der Waals surface area (Å²) in [6.07, 6.45) is 9.96. The lowest BCUT2D eigenvalue weighted by molar-refractivity contribution is -0.00876. The number of piperazine rings is 1. The van der Waals surface area contributed by atoms with Crippen LogP contribution in [0.25, 0.3) is 5.57 Å². The first-order valence-corrected chi connectivity index (χ1v) is 13.2. The van der Waals surface area contributed by atoms with Crippen molar-refractivity contribution in [2.75, 3.05) is 31.1 Å². The number of aromatic nitrogens is 2. The van der Waals surface area contributed by atoms with Crippen LogP contribution in [0.5, 0.6) is 5.88 Å². The molecular formula is C29H31FN8O. The van der Waals surface area contributed by atoms with Gasteiger partial charge in [-0.15, -0.1) is 0 Å². The summed E-state index contributed by atoms with van der Waals surface area (Å²) < 4.78 is 14.5. The van der Waals surface area contributed by atoms with Crippen LogP contribution in [0, 0.1) is 16.7 Å². The lowest BCUT2D eigenvalue weighted by atomic mass is 9.87. The molecule has 3 N–H and O–H groups in total. The zero-order valence-corrected chi connectivity index (χ0v) is 21.8. The molecule has 10 heteroatoms. The summed E-state index contributed by atoms with van der Waals surface area (Å²) in [5, 5.41) is 30.0. The molecule has 0 aromatic carbocycles. The molecule has 39 heavy (non-hydrogen) atoms. The van der Waals surface area contributed by atoms with E-state index in [2.05, 4.69) is 26.2 Å². The standard InChI is InChI=1S/C29H31FN8O/c1-29(30)6-7-36(18-29)22-9-25(28(35-14-22)21(10-31)11-32)20-3-4-26(33-13-20)37-16-23-8-24(17-37)38(23)15-19-2-5-27(39)34-12-19/h2-5,9-10,12-14,23-24,31,35H,6-8,15-18H2,1H3,(H,34,39)/b28-21+,31-10?. The number of piperidine rings is 1. The first-order valence-electron chi connectivity index (χ1n) is 13.2. The summed E-state index contributed by atoms with van der Waals surface area (Å²) in [7, 11) is 0. The van der Waals surface area contributed by atoms with Gasteiger partial charge in [-0.1, -0.05) is 6.07 Å². The summed E-state index contributed by atoms with van der Waals surface area (Å²) in [6, 6.07) is 10.5. The van der Waals surface area contributed by atoms with Gasteiger partial charge in [-0.25, -0.2) is 14.4 Å². The van der Waals surface area contributed by atoms with Gasteiger partial charge >= 0.3 is 0 Å². The quantitative estimate of drug-likeness (QED) is 0.388. The highest BCUT2D eigenvalue weighted by Crippen LogP contribution is 2.37. The molecule has 3 atom stereocenters. The Kier molecular flexibility index (Phi) is 6.31. The molecule has 0 aliphatic carbocycles. The van der Waals surface area contributed by atoms with Gasteiger partial charge < -0.3 is 25.6 Å². The number of hydrogen-bond acceptors (Lipinski definition) is 9. The Morgan fingerprint density at radius 1 is 1.23 bits per heavy atom. The number of halogens is 1. The number of alkyl halides is 1. The minimum Gasteiger partial charge on any atom is -0.493 e. The van der Waals surface area contributed by atoms with Crippen molar-refractivity contribution in [2.45, 2.75) is 44.1 Å². The van der Waals surface area contributed by atoms with Crippen molar-refractivity contribution in [3.63, 3.8) is 0 Å². The topological polar surface area (TPSA) is 115 Å². The number of rotatable bonds is 6. The van der Waals surface area contributed by atoms with E-state index in [0.717, 1.165) is 60.5 Å². The van der Waals surface area contributed by atoms with E-state index in [1.165, 1.54) is 0 Å². The van der Waals surface area contributed by atoms with Gasteiger partial charge in [0, 0.05) is 86.7 Å². The van der Waals surface area contributed by atoms with Crippen molar-refractivity contribution in [1.82, 2.24) is 25.1 Å². The fraction of sp³-hybridized carbons (Fsp3) is 0.379. The summed E-state index contributed by atoms with van der Waals surface area (Å²) in [5.41, 5.74) is 3.07. The number of nitrogens with zero attached hydrogens (tertiary/aromatic N) is 6. The van der Waals surface area contributed by atoms with Gasteiger partial charge in [0.1, 0.15) is 17.6 Å². The number of allylic oxidation sites excluding steroid dienone is 3. The highest BCUT2D eigenvalue weighted by Gasteiger charge is 2.44. The third kappa shape index (κ3) is 4.86. The first-order chi connectivity index (χ1) is 18.8. The average Bonchev–Trinajstić information content (AvgIpc) is 3.33. The molecule has 7 heterocycles. The molecule has 3 unspecified atom stereocenters. The van der Waals surface area contributed by atoms with E-state index in [9.17, 15) is 14.8 Å². The Morgan fingerprint density at radius 2 is 2.05 bits per heavy atom. The maximum atomic E-state index is 14.5. The number of nitrogens with one attached hydrogen (secondary N) is 2. The smallest absolute Gasteiger partial charge is 0.210 e. The van der Waals surface area contributed by atoms with Gasteiger partial charge in [0.2, 0.25) is 5.88 Å². The summed E-state index contributed by atoms with van der Waals surface area (Å²) in [4.78, 5) is 15.6. The molecule has 4 saturated heterocycles. The second kappa shape index (κ2) is 9.82. The van der Waals surface area contributed by atoms with Crippen molar-refractivity contribution >= 4 is 17.6 Å². The Bertz CT molecular complexity index is 1390. The number of aromatic hydroxyl groups is 1. The minimum atomic E-state index is -1.23. The lowest BCUT2D eigenvalue weighted by Gasteiger charge is -2.56. The predicted molar refractivity (Wildman–Crippen MR) is 146 cm³/mol. The van der Waals surface area contributed by atoms with Crippen LogP contribution >= 0.6 is 0 Å². The molecular weight excluding hydrogens is 495 g/mol. The van der Waals surface area contributed by atoms with Gasteiger partial charge in [0.05, 0.1) is 23.5 Å². The molecule has 0 radical (unpaired) electrons. The number of nitriles is 1. The molecule has 9 nitrogen and oxygen atoms in total. The highest BCUT2D eigenvalue weighted by atomic mass is 19.1. The number of dihydropyridines is 1. The van der Waals surface area contributed by atoms with Crippen LogP contribution in [0.3, 0.4) is 0 Å². The third-order valence-corrected chi connectivity index (χ3v) is 8.15. The van der Waals surface area contributed by atoms with Crippen molar-refractivity contribution in [2.24, 2.45) is 0 Å². The number of likely N-dealkylation sites (tertiary alicyclic amines) is 1. The highest BCUT2D eigenvalue weighted by molar-refractivity contribution is 5.93. The normalized spacial score (nSPS) is 27.6. The first kappa shape index (κ1) is 25.1. The van der Waals surface area contributed by atoms with E-state index in [1.807, 2.05) is 35.4 Å². The van der Waals surface area contributed by atoms with Crippen LogP contribution in [0.2, 0.25) is 0 Å². The average molecular weight is 527 g/mol. The Labute approximate surface area is 227 Å². The van der Waals surface area contributed by atoms with E-state index < -0.39 is 5.67 Å². The molecule has 7 rings (SSSR count). The van der Waals surface area contributed by atoms with Gasteiger partial charge in [-0.2, -0.15) is 5.26 Å². The van der Waals surface area contributed by atoms with Crippen LogP contribution in [-0.2, 0) is 6.54 Å². The van der Waals surface area contributed by atoms with Crippen LogP contribution in [0.15, 0.2) is 65.9 Å². The van der Waals surface area contributed by atoms with Crippen LogP contribution in [0.1, 0.15) is 30.9 Å². The fourth-order valence-electron chi connectivity index (χ4n) is 6.01. The molecule has 0 spiro atoms. The van der Waals surface area contributed by atoms with Gasteiger partial charge in [-0.3, -0.25) is 4.90 Å². The zero-order chi connectivity index (χ0) is 27.1. The van der Waals surface area contributed by atoms with E-state index >= 15 is 0 Å². The van der Waals surface area contributed by atoms with Crippen molar-refractivity contribution in [3.8, 4) is 11.9 Å². The third-order valence-electron chi connectivity index (χ3n) is 8.15. The van der Waals surface area contributed by atoms with Crippen molar-refractivity contribution < 1.29 is 9.50 Å². The molecule has 2 aromatic heterocycles. The van der Waals surface area contributed by atoms with Gasteiger partial charge in [0.25, 0.3) is 0 Å². The second-order valence-corrected chi connectivity index (χ2v) is 11.0. The Hall–Kier alpha value is -4.23. The van der Waals surface area contributed by atoms with Gasteiger partial charge in [-0.05, 0) is 37.1 Å². The van der Waals surface area contributed by atoms with E-state index in [1.54, 1.807) is 25.4 Å². The Morgan fingerprint density at radius 3 is 2.67 bits per heavy atom. The predicted octanol–water partition coefficient (Wildman–Crippen LogP) is 3.33. The monoisotopic (exact) mass is 526 g/mol. The molecule has 2 bridgehead atoms. The molecule has 4 fully saturated rings. The number of fused-ring (bicyclic) bond motifs is 2. The van der Waals surface area contributed by atoms with Crippen LogP contribution in [0.4, 0.5) is 10.2 Å². The van der Waals surface area contributed by atoms with E-state index in [0.29, 0.717) is 37.3 Å². The van der Waals surface area contributed by atoms with Crippen molar-refractivity contribution in [1.29, 1.82) is 10.7 Å². The second-order valence-electron chi connectivity index (χ2n) is 11.0. The fourth-order valence-corrected chi connectivity index (χ4v) is 6.01.